The first-order valence-electron chi connectivity index (χ1n) is 10.1. The number of hydrogen-bond donors (Lipinski definition) is 0. The van der Waals surface area contributed by atoms with Crippen LogP contribution >= 0.6 is 0 Å². The van der Waals surface area contributed by atoms with E-state index in [1.165, 1.54) is 14.0 Å². The lowest BCUT2D eigenvalue weighted by molar-refractivity contribution is 0.0455. The highest BCUT2D eigenvalue weighted by Crippen LogP contribution is 2.41. The standard InChI is InChI=1S/C24H32O7/c1-17-7-6-8-19(13-17)24-20(9-10-29-12-11-26-3)23(18(2)25)21(30-15-27-4)14-22(24)31-16-28-5/h6-8,13-14H,9-12,15-16H2,1-5H3. The van der Waals surface area contributed by atoms with E-state index >= 15 is 0 Å². The van der Waals surface area contributed by atoms with Crippen molar-refractivity contribution in [2.45, 2.75) is 20.3 Å². The van der Waals surface area contributed by atoms with Crippen molar-refractivity contribution in [1.82, 2.24) is 0 Å². The molecule has 0 aliphatic rings. The fraction of sp³-hybridized carbons (Fsp3) is 0.458. The summed E-state index contributed by atoms with van der Waals surface area (Å²) >= 11 is 0. The molecule has 0 aromatic heterocycles. The van der Waals surface area contributed by atoms with Gasteiger partial charge in [-0.3, -0.25) is 4.79 Å². The van der Waals surface area contributed by atoms with Gasteiger partial charge in [-0.1, -0.05) is 29.8 Å². The molecule has 0 radical (unpaired) electrons. The van der Waals surface area contributed by atoms with E-state index < -0.39 is 0 Å². The fourth-order valence-corrected chi connectivity index (χ4v) is 3.33. The molecule has 0 spiro atoms. The predicted octanol–water partition coefficient (Wildman–Crippen LogP) is 4.04. The Balaban J connectivity index is 2.65. The van der Waals surface area contributed by atoms with Crippen LogP contribution < -0.4 is 9.47 Å². The second-order valence-electron chi connectivity index (χ2n) is 6.98. The van der Waals surface area contributed by atoms with Gasteiger partial charge in [-0.05, 0) is 31.4 Å². The zero-order valence-electron chi connectivity index (χ0n) is 19.0. The van der Waals surface area contributed by atoms with Crippen LogP contribution in [0.1, 0.15) is 28.4 Å². The SMILES string of the molecule is COCCOCCc1c(C(C)=O)c(OCOC)cc(OCOC)c1-c1cccc(C)c1. The summed E-state index contributed by atoms with van der Waals surface area (Å²) in [7, 11) is 4.72. The van der Waals surface area contributed by atoms with Crippen LogP contribution in [0.3, 0.4) is 0 Å². The molecule has 7 heteroatoms. The second-order valence-corrected chi connectivity index (χ2v) is 6.98. The molecule has 0 heterocycles. The van der Waals surface area contributed by atoms with E-state index in [4.69, 9.17) is 28.4 Å². The monoisotopic (exact) mass is 432 g/mol. The maximum atomic E-state index is 12.7. The van der Waals surface area contributed by atoms with Gasteiger partial charge in [-0.25, -0.2) is 0 Å². The predicted molar refractivity (Wildman–Crippen MR) is 118 cm³/mol. The molecule has 2 rings (SSSR count). The lowest BCUT2D eigenvalue weighted by atomic mass is 9.89. The highest BCUT2D eigenvalue weighted by Gasteiger charge is 2.24. The smallest absolute Gasteiger partial charge is 0.188 e. The van der Waals surface area contributed by atoms with Crippen molar-refractivity contribution in [2.24, 2.45) is 0 Å². The summed E-state index contributed by atoms with van der Waals surface area (Å²) in [5, 5.41) is 0. The van der Waals surface area contributed by atoms with Crippen LogP contribution in [0.15, 0.2) is 30.3 Å². The third-order valence-corrected chi connectivity index (χ3v) is 4.61. The van der Waals surface area contributed by atoms with Crippen molar-refractivity contribution >= 4 is 5.78 Å². The maximum absolute atomic E-state index is 12.7. The van der Waals surface area contributed by atoms with Gasteiger partial charge < -0.3 is 28.4 Å². The van der Waals surface area contributed by atoms with Gasteiger partial charge in [0.15, 0.2) is 19.4 Å². The first kappa shape index (κ1) is 24.8. The summed E-state index contributed by atoms with van der Waals surface area (Å²) in [5.74, 6) is 0.865. The molecule has 0 N–H and O–H groups in total. The normalized spacial score (nSPS) is 10.9. The summed E-state index contributed by atoms with van der Waals surface area (Å²) in [6.07, 6.45) is 0.495. The van der Waals surface area contributed by atoms with Crippen LogP contribution in [0, 0.1) is 6.92 Å². The highest BCUT2D eigenvalue weighted by atomic mass is 16.7. The molecular formula is C24H32O7. The Morgan fingerprint density at radius 2 is 1.58 bits per heavy atom. The van der Waals surface area contributed by atoms with E-state index in [9.17, 15) is 4.79 Å². The minimum Gasteiger partial charge on any atom is -0.467 e. The van der Waals surface area contributed by atoms with Crippen LogP contribution in [0.25, 0.3) is 11.1 Å². The molecule has 2 aromatic carbocycles. The van der Waals surface area contributed by atoms with Gasteiger partial charge in [0.05, 0.1) is 25.4 Å². The quantitative estimate of drug-likeness (QED) is 0.253. The Labute approximate surface area is 184 Å². The number of ether oxygens (including phenoxy) is 6. The lowest BCUT2D eigenvalue weighted by Gasteiger charge is -2.22. The largest absolute Gasteiger partial charge is 0.467 e. The molecule has 0 unspecified atom stereocenters. The number of hydrogen-bond acceptors (Lipinski definition) is 7. The molecule has 7 nitrogen and oxygen atoms in total. The molecule has 0 saturated carbocycles. The first-order valence-corrected chi connectivity index (χ1v) is 10.1. The Morgan fingerprint density at radius 3 is 2.19 bits per heavy atom. The number of benzene rings is 2. The summed E-state index contributed by atoms with van der Waals surface area (Å²) in [4.78, 5) is 12.7. The summed E-state index contributed by atoms with van der Waals surface area (Å²) in [6.45, 7) is 5.01. The number of Topliss-reactive ketones (excluding diaryl/α,β-unsaturated/α-hetero) is 1. The molecule has 0 bridgehead atoms. The Morgan fingerprint density at radius 1 is 0.871 bits per heavy atom. The second kappa shape index (κ2) is 13.1. The van der Waals surface area contributed by atoms with Crippen LogP contribution in [0.4, 0.5) is 0 Å². The van der Waals surface area contributed by atoms with E-state index in [0.29, 0.717) is 43.3 Å². The highest BCUT2D eigenvalue weighted by molar-refractivity contribution is 6.01. The first-order chi connectivity index (χ1) is 15.0. The lowest BCUT2D eigenvalue weighted by Crippen LogP contribution is -2.13. The molecule has 0 amide bonds. The average Bonchev–Trinajstić information content (AvgIpc) is 2.75. The van der Waals surface area contributed by atoms with Crippen molar-refractivity contribution in [2.75, 3.05) is 54.7 Å². The summed E-state index contributed by atoms with van der Waals surface area (Å²) < 4.78 is 32.6. The molecule has 0 atom stereocenters. The Bertz CT molecular complexity index is 848. The van der Waals surface area contributed by atoms with Crippen molar-refractivity contribution in [3.63, 3.8) is 0 Å². The van der Waals surface area contributed by atoms with Gasteiger partial charge >= 0.3 is 0 Å². The number of methoxy groups -OCH3 is 3. The fourth-order valence-electron chi connectivity index (χ4n) is 3.33. The number of ketones is 1. The number of carbonyl (C=O) groups is 1. The van der Waals surface area contributed by atoms with Crippen LogP contribution in [0.2, 0.25) is 0 Å². The van der Waals surface area contributed by atoms with Crippen molar-refractivity contribution < 1.29 is 33.2 Å². The van der Waals surface area contributed by atoms with Crippen molar-refractivity contribution in [1.29, 1.82) is 0 Å². The zero-order valence-corrected chi connectivity index (χ0v) is 19.0. The van der Waals surface area contributed by atoms with Gasteiger partial charge in [0.25, 0.3) is 0 Å². The van der Waals surface area contributed by atoms with Crippen molar-refractivity contribution in [3.05, 3.63) is 47.0 Å². The van der Waals surface area contributed by atoms with Gasteiger partial charge in [0, 0.05) is 33.0 Å². The van der Waals surface area contributed by atoms with Gasteiger partial charge in [0.2, 0.25) is 0 Å². The Kier molecular flexibility index (Phi) is 10.5. The minimum absolute atomic E-state index is 0.0115. The average molecular weight is 433 g/mol. The molecule has 0 aliphatic carbocycles. The van der Waals surface area contributed by atoms with Crippen LogP contribution in [-0.2, 0) is 25.4 Å². The molecule has 0 aliphatic heterocycles. The molecule has 2 aromatic rings. The maximum Gasteiger partial charge on any atom is 0.188 e. The van der Waals surface area contributed by atoms with Crippen LogP contribution in [0.5, 0.6) is 11.5 Å². The zero-order chi connectivity index (χ0) is 22.6. The third-order valence-electron chi connectivity index (χ3n) is 4.61. The third kappa shape index (κ3) is 7.04. The minimum atomic E-state index is -0.106. The number of rotatable bonds is 14. The summed E-state index contributed by atoms with van der Waals surface area (Å²) in [5.41, 5.74) is 4.16. The van der Waals surface area contributed by atoms with E-state index in [-0.39, 0.29) is 19.4 Å². The number of aryl methyl sites for hydroxylation is 1. The molecule has 31 heavy (non-hydrogen) atoms. The molecular weight excluding hydrogens is 400 g/mol. The van der Waals surface area contributed by atoms with E-state index in [0.717, 1.165) is 22.3 Å². The van der Waals surface area contributed by atoms with E-state index in [1.54, 1.807) is 20.3 Å². The van der Waals surface area contributed by atoms with Gasteiger partial charge in [-0.2, -0.15) is 0 Å². The van der Waals surface area contributed by atoms with E-state index in [2.05, 4.69) is 6.07 Å². The molecule has 170 valence electrons. The van der Waals surface area contributed by atoms with Gasteiger partial charge in [-0.15, -0.1) is 0 Å². The molecule has 0 fully saturated rings. The topological polar surface area (TPSA) is 72.5 Å². The van der Waals surface area contributed by atoms with E-state index in [1.807, 2.05) is 25.1 Å². The number of carbonyl (C=O) groups excluding carboxylic acids is 1. The van der Waals surface area contributed by atoms with Gasteiger partial charge in [0.1, 0.15) is 11.5 Å². The Hall–Kier alpha value is -2.45. The molecule has 0 saturated heterocycles. The van der Waals surface area contributed by atoms with Crippen LogP contribution in [-0.4, -0.2) is 60.5 Å². The van der Waals surface area contributed by atoms with Crippen molar-refractivity contribution in [3.8, 4) is 22.6 Å². The summed E-state index contributed by atoms with van der Waals surface area (Å²) in [6, 6.07) is 9.78.